The number of nitrogens with one attached hydrogen (secondary N) is 1. The standard InChI is InChI=1S/C47H58N4O13S4/c1-6-50-37-22-20-33-35(27-31(65(53,54)55)29-39(33)67(59,60)61)44(37)46(2,3)41(50)17-11-9-12-18-42-47(4,5)45-36-28-32(66(56,57)58)30-40(68(62,63)64)34(36)21-23-38(45)51(42)26-16-10-13-19-43(52)49-25-15-8-7-14-24-48/h9,11-12,17-18,20-23,27-30H,6-8,10,13-16,19,24-26,48H2,1-5H3,(H4-,49,52,53,54,55,56,57,58,59,60,61,62,63,64). The number of amides is 1. The molecule has 6 rings (SSSR count). The first-order valence-corrected chi connectivity index (χ1v) is 27.9. The Balaban J connectivity index is 1.36. The monoisotopic (exact) mass is 1010 g/mol. The lowest BCUT2D eigenvalue weighted by Crippen LogP contribution is -2.28. The largest absolute Gasteiger partial charge is 0.744 e. The number of nitrogens with two attached hydrogens (primary N) is 1. The molecule has 0 radical (unpaired) electrons. The van der Waals surface area contributed by atoms with Crippen LogP contribution in [-0.2, 0) is 56.1 Å². The second-order valence-corrected chi connectivity index (χ2v) is 23.6. The Morgan fingerprint density at radius 3 is 1.90 bits per heavy atom. The Kier molecular flexibility index (Phi) is 15.4. The summed E-state index contributed by atoms with van der Waals surface area (Å²) >= 11 is 0. The van der Waals surface area contributed by atoms with Gasteiger partial charge in [-0.15, -0.1) is 0 Å². The van der Waals surface area contributed by atoms with Crippen LogP contribution in [0.25, 0.3) is 21.5 Å². The minimum atomic E-state index is -5.20. The molecule has 4 aromatic carbocycles. The summed E-state index contributed by atoms with van der Waals surface area (Å²) in [5.74, 6) is -0.0310. The van der Waals surface area contributed by atoms with Crippen LogP contribution in [0.15, 0.2) is 104 Å². The summed E-state index contributed by atoms with van der Waals surface area (Å²) in [4.78, 5) is 11.6. The first-order valence-electron chi connectivity index (χ1n) is 22.2. The summed E-state index contributed by atoms with van der Waals surface area (Å²) in [6.45, 7) is 11.6. The molecule has 6 N–H and O–H groups in total. The smallest absolute Gasteiger partial charge is 0.295 e. The zero-order chi connectivity index (χ0) is 50.2. The quantitative estimate of drug-likeness (QED) is 0.0257. The normalized spacial score (nSPS) is 16.8. The summed E-state index contributed by atoms with van der Waals surface area (Å²) in [6, 6.07) is 10.1. The van der Waals surface area contributed by atoms with E-state index in [-0.39, 0.29) is 27.5 Å². The number of benzene rings is 4. The Bertz CT molecular complexity index is 3270. The molecule has 2 aliphatic rings. The van der Waals surface area contributed by atoms with E-state index in [9.17, 15) is 56.7 Å². The molecule has 4 aromatic rings. The lowest BCUT2D eigenvalue weighted by molar-refractivity contribution is -0.438. The molecule has 0 aromatic heterocycles. The Hall–Kier alpha value is -4.84. The number of fused-ring (bicyclic) bond motifs is 6. The van der Waals surface area contributed by atoms with E-state index in [4.69, 9.17) is 5.73 Å². The van der Waals surface area contributed by atoms with Gasteiger partial charge < -0.3 is 20.5 Å². The number of hydrogen-bond acceptors (Lipinski definition) is 12. The zero-order valence-electron chi connectivity index (χ0n) is 38.5. The van der Waals surface area contributed by atoms with Crippen molar-refractivity contribution in [2.75, 3.05) is 31.1 Å². The van der Waals surface area contributed by atoms with Gasteiger partial charge in [0.05, 0.1) is 20.1 Å². The van der Waals surface area contributed by atoms with Crippen molar-refractivity contribution in [1.82, 2.24) is 5.32 Å². The number of anilines is 1. The minimum absolute atomic E-state index is 0.00170. The first kappa shape index (κ1) is 52.5. The van der Waals surface area contributed by atoms with Gasteiger partial charge in [-0.05, 0) is 112 Å². The van der Waals surface area contributed by atoms with E-state index in [0.717, 1.165) is 43.2 Å². The van der Waals surface area contributed by atoms with Crippen molar-refractivity contribution in [1.29, 1.82) is 0 Å². The van der Waals surface area contributed by atoms with Crippen molar-refractivity contribution >= 4 is 85.0 Å². The van der Waals surface area contributed by atoms with Gasteiger partial charge in [-0.2, -0.15) is 29.8 Å². The van der Waals surface area contributed by atoms with Crippen LogP contribution in [-0.4, -0.2) is 94.3 Å². The van der Waals surface area contributed by atoms with E-state index in [2.05, 4.69) is 5.32 Å². The molecule has 17 nitrogen and oxygen atoms in total. The van der Waals surface area contributed by atoms with Crippen LogP contribution in [0.4, 0.5) is 11.4 Å². The van der Waals surface area contributed by atoms with Crippen molar-refractivity contribution in [2.24, 2.45) is 5.73 Å². The summed E-state index contributed by atoms with van der Waals surface area (Å²) in [5, 5.41) is 3.41. The van der Waals surface area contributed by atoms with Crippen molar-refractivity contribution in [3.8, 4) is 0 Å². The molecule has 0 bridgehead atoms. The predicted molar refractivity (Wildman–Crippen MR) is 260 cm³/mol. The first-order chi connectivity index (χ1) is 31.6. The molecular weight excluding hydrogens is 957 g/mol. The fraction of sp³-hybridized carbons (Fsp3) is 0.404. The number of likely N-dealkylation sites (N-methyl/N-ethyl adjacent to an activating group) is 1. The Morgan fingerprint density at radius 2 is 1.29 bits per heavy atom. The topological polar surface area (TPSA) is 282 Å². The van der Waals surface area contributed by atoms with E-state index in [1.165, 1.54) is 24.3 Å². The van der Waals surface area contributed by atoms with Gasteiger partial charge in [0, 0.05) is 71.2 Å². The van der Waals surface area contributed by atoms with Crippen molar-refractivity contribution in [3.63, 3.8) is 0 Å². The fourth-order valence-corrected chi connectivity index (χ4v) is 12.3. The van der Waals surface area contributed by atoms with E-state index in [0.29, 0.717) is 80.4 Å². The molecule has 0 atom stereocenters. The molecule has 0 unspecified atom stereocenters. The van der Waals surface area contributed by atoms with Gasteiger partial charge in [0.2, 0.25) is 11.6 Å². The molecule has 0 spiro atoms. The van der Waals surface area contributed by atoms with Crippen molar-refractivity contribution in [2.45, 2.75) is 116 Å². The number of hydrogen-bond donors (Lipinski definition) is 5. The molecule has 1 amide bonds. The molecule has 0 fully saturated rings. The van der Waals surface area contributed by atoms with E-state index in [1.807, 2.05) is 56.2 Å². The van der Waals surface area contributed by atoms with Gasteiger partial charge in [-0.1, -0.05) is 51.0 Å². The number of nitrogens with zero attached hydrogens (tertiary/aromatic N) is 2. The third-order valence-electron chi connectivity index (χ3n) is 12.7. The summed E-state index contributed by atoms with van der Waals surface area (Å²) in [5.41, 5.74) is 7.68. The van der Waals surface area contributed by atoms with E-state index >= 15 is 0 Å². The Morgan fingerprint density at radius 1 is 0.706 bits per heavy atom. The van der Waals surface area contributed by atoms with Crippen molar-refractivity contribution in [3.05, 3.63) is 95.7 Å². The second kappa shape index (κ2) is 19.9. The van der Waals surface area contributed by atoms with Crippen molar-refractivity contribution < 1.29 is 61.3 Å². The number of carbonyl (C=O) groups excluding carboxylic acids is 1. The lowest BCUT2D eigenvalue weighted by Gasteiger charge is -2.26. The van der Waals surface area contributed by atoms with Gasteiger partial charge in [-0.3, -0.25) is 18.5 Å². The highest BCUT2D eigenvalue weighted by Crippen LogP contribution is 2.52. The molecule has 0 aliphatic carbocycles. The summed E-state index contributed by atoms with van der Waals surface area (Å²) < 4.78 is 144. The maximum absolute atomic E-state index is 12.5. The minimum Gasteiger partial charge on any atom is -0.744 e. The Labute approximate surface area is 398 Å². The molecule has 2 heterocycles. The van der Waals surface area contributed by atoms with Crippen LogP contribution in [0.5, 0.6) is 0 Å². The highest BCUT2D eigenvalue weighted by atomic mass is 32.2. The third kappa shape index (κ3) is 10.8. The van der Waals surface area contributed by atoms with Crippen LogP contribution in [0.1, 0.15) is 97.1 Å². The van der Waals surface area contributed by atoms with E-state index in [1.54, 1.807) is 30.4 Å². The molecule has 0 saturated heterocycles. The molecule has 368 valence electrons. The zero-order valence-corrected chi connectivity index (χ0v) is 41.8. The van der Waals surface area contributed by atoms with Gasteiger partial charge in [0.1, 0.15) is 21.6 Å². The summed E-state index contributed by atoms with van der Waals surface area (Å²) in [7, 11) is -19.9. The number of allylic oxidation sites excluding steroid dienone is 6. The molecule has 2 aliphatic heterocycles. The molecule has 21 heteroatoms. The van der Waals surface area contributed by atoms with Gasteiger partial charge in [0.15, 0.2) is 5.71 Å². The lowest BCUT2D eigenvalue weighted by atomic mass is 9.79. The highest BCUT2D eigenvalue weighted by Gasteiger charge is 2.46. The average Bonchev–Trinajstić information content (AvgIpc) is 3.60. The predicted octanol–water partition coefficient (Wildman–Crippen LogP) is 7.02. The number of unbranched alkanes of at least 4 members (excludes halogenated alkanes) is 5. The number of rotatable bonds is 20. The van der Waals surface area contributed by atoms with Crippen LogP contribution in [0, 0.1) is 0 Å². The summed E-state index contributed by atoms with van der Waals surface area (Å²) in [6.07, 6.45) is 15.2. The molecular formula is C47H58N4O13S4. The highest BCUT2D eigenvalue weighted by molar-refractivity contribution is 7.87. The maximum Gasteiger partial charge on any atom is 0.295 e. The van der Waals surface area contributed by atoms with Gasteiger partial charge in [-0.25, -0.2) is 8.42 Å². The van der Waals surface area contributed by atoms with Crippen LogP contribution < -0.4 is 16.0 Å². The molecule has 0 saturated carbocycles. The van der Waals surface area contributed by atoms with E-state index < -0.39 is 70.9 Å². The second-order valence-electron chi connectivity index (χ2n) is 18.0. The van der Waals surface area contributed by atoms with Crippen LogP contribution in [0.2, 0.25) is 0 Å². The van der Waals surface area contributed by atoms with Crippen LogP contribution in [0.3, 0.4) is 0 Å². The average molecular weight is 1020 g/mol. The van der Waals surface area contributed by atoms with Gasteiger partial charge in [0.25, 0.3) is 30.4 Å². The van der Waals surface area contributed by atoms with Crippen LogP contribution >= 0.6 is 0 Å². The maximum atomic E-state index is 12.5. The third-order valence-corrected chi connectivity index (χ3v) is 16.2. The van der Waals surface area contributed by atoms with Gasteiger partial charge >= 0.3 is 0 Å². The number of carbonyl (C=O) groups is 1. The fourth-order valence-electron chi connectivity index (χ4n) is 9.61. The SMILES string of the molecule is CCN1/C(=C/C=C/C=C/C2=[N+](CCCCCC(=O)NCCCCCCN)c3ccc4c(S(=O)(=O)[O-])cc(S(=O)(=O)O)cc4c3C2(C)C)C(C)(C)c2c1ccc1c(S(=O)(=O)O)cc(S(=O)(=O)O)cc21. The molecule has 68 heavy (non-hydrogen) atoms.